The average Bonchev–Trinajstić information content (AvgIpc) is 3.61. The van der Waals surface area contributed by atoms with Crippen LogP contribution in [0.3, 0.4) is 0 Å². The maximum absolute atomic E-state index is 13.3. The Labute approximate surface area is 199 Å². The lowest BCUT2D eigenvalue weighted by molar-refractivity contribution is -0.169. The molecule has 3 aliphatic rings. The van der Waals surface area contributed by atoms with Crippen molar-refractivity contribution in [1.29, 1.82) is 0 Å². The number of carbonyl (C=O) groups is 3. The Hall–Kier alpha value is -3.35. The molecular formula is C27H30N2O5. The molecule has 2 aliphatic carbocycles. The third-order valence-corrected chi connectivity index (χ3v) is 7.95. The molecule has 2 amide bonds. The molecule has 0 radical (unpaired) electrons. The maximum Gasteiger partial charge on any atom is 0.408 e. The van der Waals surface area contributed by atoms with Gasteiger partial charge >= 0.3 is 12.1 Å². The average molecular weight is 463 g/mol. The van der Waals surface area contributed by atoms with E-state index >= 15 is 0 Å². The molecule has 1 aliphatic heterocycles. The van der Waals surface area contributed by atoms with Crippen LogP contribution in [0, 0.1) is 11.3 Å². The third kappa shape index (κ3) is 3.54. The highest BCUT2D eigenvalue weighted by atomic mass is 16.5. The van der Waals surface area contributed by atoms with E-state index in [4.69, 9.17) is 4.74 Å². The van der Waals surface area contributed by atoms with E-state index in [-0.39, 0.29) is 37.4 Å². The summed E-state index contributed by atoms with van der Waals surface area (Å²) < 4.78 is 5.68. The zero-order valence-corrected chi connectivity index (χ0v) is 19.5. The second-order valence-electron chi connectivity index (χ2n) is 10.0. The van der Waals surface area contributed by atoms with Gasteiger partial charge in [-0.25, -0.2) is 4.79 Å². The molecule has 1 unspecified atom stereocenters. The van der Waals surface area contributed by atoms with Crippen molar-refractivity contribution in [1.82, 2.24) is 10.2 Å². The minimum Gasteiger partial charge on any atom is -0.481 e. The number of aliphatic carboxylic acids is 1. The first-order valence-corrected chi connectivity index (χ1v) is 11.9. The Morgan fingerprint density at radius 2 is 1.62 bits per heavy atom. The van der Waals surface area contributed by atoms with Gasteiger partial charge < -0.3 is 20.1 Å². The number of alkyl carbamates (subject to hydrolysis) is 1. The molecule has 2 aromatic carbocycles. The number of ether oxygens (including phenoxy) is 1. The van der Waals surface area contributed by atoms with E-state index in [1.807, 2.05) is 31.2 Å². The highest BCUT2D eigenvalue weighted by molar-refractivity contribution is 5.92. The molecule has 7 nitrogen and oxygen atoms in total. The molecule has 2 aromatic rings. The summed E-state index contributed by atoms with van der Waals surface area (Å²) in [5.41, 5.74) is 2.58. The van der Waals surface area contributed by atoms with Gasteiger partial charge in [-0.2, -0.15) is 0 Å². The topological polar surface area (TPSA) is 95.9 Å². The molecule has 0 spiro atoms. The van der Waals surface area contributed by atoms with E-state index in [1.54, 1.807) is 11.8 Å². The first-order chi connectivity index (χ1) is 16.3. The van der Waals surface area contributed by atoms with Gasteiger partial charge in [0.25, 0.3) is 0 Å². The fraction of sp³-hybridized carbons (Fsp3) is 0.444. The van der Waals surface area contributed by atoms with Gasteiger partial charge in [0.05, 0.1) is 0 Å². The summed E-state index contributed by atoms with van der Waals surface area (Å²) in [4.78, 5) is 39.4. The molecule has 7 heteroatoms. The van der Waals surface area contributed by atoms with Gasteiger partial charge in [-0.15, -0.1) is 0 Å². The summed E-state index contributed by atoms with van der Waals surface area (Å²) in [5.74, 6) is -1.13. The Balaban J connectivity index is 1.27. The SMILES string of the molecule is CCC1(C(=O)O)CN(C(=O)C(C)(NC(=O)OCC2c3ccccc3-c3ccccc32)C2CC2)C1. The highest BCUT2D eigenvalue weighted by Crippen LogP contribution is 2.45. The second-order valence-corrected chi connectivity index (χ2v) is 10.0. The number of hydrogen-bond donors (Lipinski definition) is 2. The molecule has 0 bridgehead atoms. The molecule has 2 fully saturated rings. The summed E-state index contributed by atoms with van der Waals surface area (Å²) in [7, 11) is 0. The van der Waals surface area contributed by atoms with E-state index < -0.39 is 23.0 Å². The minimum absolute atomic E-state index is 0.0296. The minimum atomic E-state index is -1.10. The van der Waals surface area contributed by atoms with Crippen LogP contribution in [-0.4, -0.2) is 53.2 Å². The van der Waals surface area contributed by atoms with Gasteiger partial charge in [0.15, 0.2) is 0 Å². The normalized spacial score (nSPS) is 19.9. The van der Waals surface area contributed by atoms with Crippen molar-refractivity contribution in [2.45, 2.75) is 44.6 Å². The van der Waals surface area contributed by atoms with Crippen LogP contribution in [0.4, 0.5) is 4.79 Å². The van der Waals surface area contributed by atoms with Crippen molar-refractivity contribution in [2.24, 2.45) is 11.3 Å². The third-order valence-electron chi connectivity index (χ3n) is 7.95. The van der Waals surface area contributed by atoms with E-state index in [1.165, 1.54) is 0 Å². The van der Waals surface area contributed by atoms with Crippen molar-refractivity contribution >= 4 is 18.0 Å². The number of nitrogens with one attached hydrogen (secondary N) is 1. The number of benzene rings is 2. The standard InChI is InChI=1S/C27H30N2O5/c1-3-27(24(31)32)15-29(16-27)23(30)26(2,17-12-13-17)28-25(33)34-14-22-20-10-6-4-8-18(20)19-9-5-7-11-21(19)22/h4-11,17,22H,3,12-16H2,1-2H3,(H,28,33)(H,31,32). The van der Waals surface area contributed by atoms with E-state index in [2.05, 4.69) is 29.6 Å². The van der Waals surface area contributed by atoms with Gasteiger partial charge in [-0.3, -0.25) is 9.59 Å². The monoisotopic (exact) mass is 462 g/mol. The molecule has 0 aromatic heterocycles. The van der Waals surface area contributed by atoms with Gasteiger partial charge in [0, 0.05) is 19.0 Å². The van der Waals surface area contributed by atoms with Crippen LogP contribution in [0.1, 0.15) is 50.2 Å². The Morgan fingerprint density at radius 3 is 2.12 bits per heavy atom. The lowest BCUT2D eigenvalue weighted by atomic mass is 9.76. The van der Waals surface area contributed by atoms with Crippen molar-refractivity contribution in [3.63, 3.8) is 0 Å². The number of carboxylic acids is 1. The van der Waals surface area contributed by atoms with Crippen molar-refractivity contribution in [2.75, 3.05) is 19.7 Å². The smallest absolute Gasteiger partial charge is 0.408 e. The number of hydrogen-bond acceptors (Lipinski definition) is 4. The predicted molar refractivity (Wildman–Crippen MR) is 126 cm³/mol. The molecule has 1 saturated heterocycles. The number of rotatable bonds is 7. The van der Waals surface area contributed by atoms with Crippen molar-refractivity contribution in [3.8, 4) is 11.1 Å². The molecule has 178 valence electrons. The predicted octanol–water partition coefficient (Wildman–Crippen LogP) is 4.02. The summed E-state index contributed by atoms with van der Waals surface area (Å²) in [6.07, 6.45) is 1.53. The number of carbonyl (C=O) groups excluding carboxylic acids is 2. The number of nitrogens with zero attached hydrogens (tertiary/aromatic N) is 1. The van der Waals surface area contributed by atoms with Crippen LogP contribution in [-0.2, 0) is 14.3 Å². The number of carboxylic acid groups (broad SMARTS) is 1. The van der Waals surface area contributed by atoms with E-state index in [0.29, 0.717) is 6.42 Å². The zero-order chi connectivity index (χ0) is 24.1. The van der Waals surface area contributed by atoms with Crippen molar-refractivity contribution in [3.05, 3.63) is 59.7 Å². The summed E-state index contributed by atoms with van der Waals surface area (Å²) in [6.45, 7) is 4.08. The van der Waals surface area contributed by atoms with Crippen LogP contribution in [0.2, 0.25) is 0 Å². The van der Waals surface area contributed by atoms with Crippen LogP contribution in [0.25, 0.3) is 11.1 Å². The Morgan fingerprint density at radius 1 is 1.06 bits per heavy atom. The summed E-state index contributed by atoms with van der Waals surface area (Å²) in [6, 6.07) is 16.3. The fourth-order valence-electron chi connectivity index (χ4n) is 5.50. The van der Waals surface area contributed by atoms with E-state index in [0.717, 1.165) is 35.1 Å². The van der Waals surface area contributed by atoms with Crippen LogP contribution in [0.15, 0.2) is 48.5 Å². The van der Waals surface area contributed by atoms with Gasteiger partial charge in [0.1, 0.15) is 17.6 Å². The maximum atomic E-state index is 13.3. The Bertz CT molecular complexity index is 1110. The first kappa shape index (κ1) is 22.4. The Kier molecular flexibility index (Phi) is 5.38. The summed E-state index contributed by atoms with van der Waals surface area (Å²) >= 11 is 0. The van der Waals surface area contributed by atoms with Crippen LogP contribution >= 0.6 is 0 Å². The molecule has 1 heterocycles. The lowest BCUT2D eigenvalue weighted by Crippen LogP contribution is -2.68. The van der Waals surface area contributed by atoms with Gasteiger partial charge in [-0.1, -0.05) is 55.5 Å². The molecule has 1 atom stereocenters. The quantitative estimate of drug-likeness (QED) is 0.648. The van der Waals surface area contributed by atoms with Crippen molar-refractivity contribution < 1.29 is 24.2 Å². The molecule has 34 heavy (non-hydrogen) atoms. The van der Waals surface area contributed by atoms with Crippen LogP contribution < -0.4 is 5.32 Å². The molecular weight excluding hydrogens is 432 g/mol. The fourth-order valence-corrected chi connectivity index (χ4v) is 5.50. The highest BCUT2D eigenvalue weighted by Gasteiger charge is 2.57. The first-order valence-electron chi connectivity index (χ1n) is 11.9. The van der Waals surface area contributed by atoms with Gasteiger partial charge in [-0.05, 0) is 54.4 Å². The summed E-state index contributed by atoms with van der Waals surface area (Å²) in [5, 5.41) is 12.4. The zero-order valence-electron chi connectivity index (χ0n) is 19.5. The molecule has 5 rings (SSSR count). The molecule has 1 saturated carbocycles. The van der Waals surface area contributed by atoms with Gasteiger partial charge in [0.2, 0.25) is 5.91 Å². The molecule has 2 N–H and O–H groups in total. The number of amides is 2. The second kappa shape index (κ2) is 8.15. The van der Waals surface area contributed by atoms with E-state index in [9.17, 15) is 19.5 Å². The lowest BCUT2D eigenvalue weighted by Gasteiger charge is -2.49. The van der Waals surface area contributed by atoms with Crippen LogP contribution in [0.5, 0.6) is 0 Å². The largest absolute Gasteiger partial charge is 0.481 e. The number of fused-ring (bicyclic) bond motifs is 3. The number of likely N-dealkylation sites (tertiary alicyclic amines) is 1.